The van der Waals surface area contributed by atoms with Crippen LogP contribution in [-0.4, -0.2) is 25.4 Å². The number of benzene rings is 1. The maximum Gasteiger partial charge on any atom is 0.201 e. The lowest BCUT2D eigenvalue weighted by molar-refractivity contribution is 0.810. The topological polar surface area (TPSA) is 70.2 Å². The summed E-state index contributed by atoms with van der Waals surface area (Å²) in [6, 6.07) is 12.4. The Morgan fingerprint density at radius 2 is 1.81 bits per heavy atom. The minimum absolute atomic E-state index is 0.419. The van der Waals surface area contributed by atoms with Gasteiger partial charge in [-0.1, -0.05) is 44.2 Å². The fraction of sp³-hybridized carbons (Fsp3) is 0.312. The number of rotatable bonds is 5. The molecule has 108 valence electrons. The van der Waals surface area contributed by atoms with Crippen LogP contribution in [0.15, 0.2) is 36.4 Å². The monoisotopic (exact) mass is 281 g/mol. The summed E-state index contributed by atoms with van der Waals surface area (Å²) in [4.78, 5) is 4.52. The molecule has 0 aliphatic carbocycles. The normalized spacial score (nSPS) is 11.2. The van der Waals surface area contributed by atoms with Crippen molar-refractivity contribution in [1.29, 1.82) is 0 Å². The predicted molar refractivity (Wildman–Crippen MR) is 81.9 cm³/mol. The van der Waals surface area contributed by atoms with E-state index in [1.165, 1.54) is 5.56 Å². The second-order valence-corrected chi connectivity index (χ2v) is 5.45. The van der Waals surface area contributed by atoms with Crippen molar-refractivity contribution in [2.45, 2.75) is 32.6 Å². The van der Waals surface area contributed by atoms with Crippen LogP contribution in [0.1, 0.15) is 36.8 Å². The molecule has 5 heteroatoms. The van der Waals surface area contributed by atoms with Crippen LogP contribution in [0.2, 0.25) is 0 Å². The number of aryl methyl sites for hydroxylation is 2. The van der Waals surface area contributed by atoms with Gasteiger partial charge in [-0.25, -0.2) is 4.98 Å². The zero-order chi connectivity index (χ0) is 14.7. The lowest BCUT2D eigenvalue weighted by Crippen LogP contribution is -1.93. The molecule has 2 N–H and O–H groups in total. The number of hydrogen-bond donors (Lipinski definition) is 2. The average Bonchev–Trinajstić information content (AvgIpc) is 3.15. The quantitative estimate of drug-likeness (QED) is 0.755. The van der Waals surface area contributed by atoms with E-state index in [2.05, 4.69) is 63.5 Å². The lowest BCUT2D eigenvalue weighted by Gasteiger charge is -1.97. The maximum absolute atomic E-state index is 4.52. The minimum Gasteiger partial charge on any atom is -0.282 e. The van der Waals surface area contributed by atoms with Crippen molar-refractivity contribution in [2.24, 2.45) is 0 Å². The van der Waals surface area contributed by atoms with Crippen LogP contribution in [0.3, 0.4) is 0 Å². The number of nitrogens with one attached hydrogen (secondary N) is 2. The SMILES string of the molecule is CC(C)c1cc(-c2n[nH]c(CCc3ccccc3)n2)n[nH]1. The molecule has 0 radical (unpaired) electrons. The molecule has 0 amide bonds. The molecule has 5 nitrogen and oxygen atoms in total. The maximum atomic E-state index is 4.52. The van der Waals surface area contributed by atoms with Crippen LogP contribution in [0.4, 0.5) is 0 Å². The van der Waals surface area contributed by atoms with Crippen molar-refractivity contribution in [3.05, 3.63) is 53.5 Å². The van der Waals surface area contributed by atoms with Crippen molar-refractivity contribution in [1.82, 2.24) is 25.4 Å². The number of hydrogen-bond acceptors (Lipinski definition) is 3. The van der Waals surface area contributed by atoms with Gasteiger partial charge in [-0.2, -0.15) is 10.2 Å². The van der Waals surface area contributed by atoms with Crippen molar-refractivity contribution in [2.75, 3.05) is 0 Å². The molecule has 0 saturated carbocycles. The first-order chi connectivity index (χ1) is 10.2. The van der Waals surface area contributed by atoms with Gasteiger partial charge in [0.2, 0.25) is 5.82 Å². The van der Waals surface area contributed by atoms with Crippen molar-refractivity contribution in [3.8, 4) is 11.5 Å². The third-order valence-electron chi connectivity index (χ3n) is 3.47. The third kappa shape index (κ3) is 3.18. The molecule has 0 spiro atoms. The van der Waals surface area contributed by atoms with E-state index in [0.29, 0.717) is 11.7 Å². The Kier molecular flexibility index (Phi) is 3.81. The third-order valence-corrected chi connectivity index (χ3v) is 3.47. The van der Waals surface area contributed by atoms with E-state index in [1.54, 1.807) is 0 Å². The van der Waals surface area contributed by atoms with Gasteiger partial charge in [0, 0.05) is 12.1 Å². The first-order valence-electron chi connectivity index (χ1n) is 7.23. The van der Waals surface area contributed by atoms with E-state index in [0.717, 1.165) is 30.1 Å². The van der Waals surface area contributed by atoms with Gasteiger partial charge in [-0.15, -0.1) is 0 Å². The van der Waals surface area contributed by atoms with Crippen molar-refractivity contribution in [3.63, 3.8) is 0 Å². The van der Waals surface area contributed by atoms with Gasteiger partial charge < -0.3 is 0 Å². The van der Waals surface area contributed by atoms with E-state index in [1.807, 2.05) is 12.1 Å². The van der Waals surface area contributed by atoms with Crippen molar-refractivity contribution < 1.29 is 0 Å². The molecule has 21 heavy (non-hydrogen) atoms. The molecule has 0 unspecified atom stereocenters. The van der Waals surface area contributed by atoms with Gasteiger partial charge in [-0.05, 0) is 24.0 Å². The molecule has 0 saturated heterocycles. The van der Waals surface area contributed by atoms with Gasteiger partial charge in [0.25, 0.3) is 0 Å². The molecule has 1 aromatic carbocycles. The molecule has 0 atom stereocenters. The van der Waals surface area contributed by atoms with E-state index >= 15 is 0 Å². The summed E-state index contributed by atoms with van der Waals surface area (Å²) in [6.45, 7) is 4.25. The van der Waals surface area contributed by atoms with Gasteiger partial charge in [0.05, 0.1) is 0 Å². The van der Waals surface area contributed by atoms with Crippen LogP contribution in [0.25, 0.3) is 11.5 Å². The molecule has 0 bridgehead atoms. The van der Waals surface area contributed by atoms with E-state index < -0.39 is 0 Å². The first kappa shape index (κ1) is 13.5. The van der Waals surface area contributed by atoms with E-state index in [4.69, 9.17) is 0 Å². The standard InChI is InChI=1S/C16H19N5/c1-11(2)13-10-14(19-18-13)16-17-15(20-21-16)9-8-12-6-4-3-5-7-12/h3-7,10-11H,8-9H2,1-2H3,(H,18,19)(H,17,20,21). The highest BCUT2D eigenvalue weighted by Gasteiger charge is 2.11. The Balaban J connectivity index is 1.68. The summed E-state index contributed by atoms with van der Waals surface area (Å²) in [6.07, 6.45) is 1.80. The number of H-pyrrole nitrogens is 2. The fourth-order valence-corrected chi connectivity index (χ4v) is 2.18. The largest absolute Gasteiger partial charge is 0.282 e. The number of nitrogens with zero attached hydrogens (tertiary/aromatic N) is 3. The Bertz CT molecular complexity index is 696. The van der Waals surface area contributed by atoms with Crippen LogP contribution in [-0.2, 0) is 12.8 Å². The van der Waals surface area contributed by atoms with Crippen LogP contribution >= 0.6 is 0 Å². The predicted octanol–water partition coefficient (Wildman–Crippen LogP) is 3.10. The molecule has 3 aromatic rings. The number of aromatic amines is 2. The highest BCUT2D eigenvalue weighted by Crippen LogP contribution is 2.18. The van der Waals surface area contributed by atoms with Crippen LogP contribution in [0, 0.1) is 0 Å². The minimum atomic E-state index is 0.419. The number of aromatic nitrogens is 5. The summed E-state index contributed by atoms with van der Waals surface area (Å²) in [7, 11) is 0. The highest BCUT2D eigenvalue weighted by atomic mass is 15.2. The second-order valence-electron chi connectivity index (χ2n) is 5.45. The zero-order valence-corrected chi connectivity index (χ0v) is 12.3. The molecule has 0 aliphatic heterocycles. The first-order valence-corrected chi connectivity index (χ1v) is 7.23. The summed E-state index contributed by atoms with van der Waals surface area (Å²) >= 11 is 0. The Morgan fingerprint density at radius 1 is 1.00 bits per heavy atom. The smallest absolute Gasteiger partial charge is 0.201 e. The Morgan fingerprint density at radius 3 is 2.52 bits per heavy atom. The second kappa shape index (κ2) is 5.91. The van der Waals surface area contributed by atoms with Gasteiger partial charge in [0.15, 0.2) is 0 Å². The molecule has 0 fully saturated rings. The molecule has 2 heterocycles. The summed E-state index contributed by atoms with van der Waals surface area (Å²) < 4.78 is 0. The van der Waals surface area contributed by atoms with Crippen LogP contribution in [0.5, 0.6) is 0 Å². The Labute approximate surface area is 123 Å². The molecule has 0 aliphatic rings. The van der Waals surface area contributed by atoms with Gasteiger partial charge in [0.1, 0.15) is 11.5 Å². The highest BCUT2D eigenvalue weighted by molar-refractivity contribution is 5.49. The molecular formula is C16H19N5. The molecule has 2 aromatic heterocycles. The zero-order valence-electron chi connectivity index (χ0n) is 12.3. The molecular weight excluding hydrogens is 262 g/mol. The average molecular weight is 281 g/mol. The lowest BCUT2D eigenvalue weighted by atomic mass is 10.1. The van der Waals surface area contributed by atoms with E-state index in [-0.39, 0.29) is 0 Å². The van der Waals surface area contributed by atoms with Crippen LogP contribution < -0.4 is 0 Å². The van der Waals surface area contributed by atoms with Gasteiger partial charge in [-0.3, -0.25) is 10.2 Å². The summed E-state index contributed by atoms with van der Waals surface area (Å²) in [5.41, 5.74) is 3.19. The summed E-state index contributed by atoms with van der Waals surface area (Å²) in [5.74, 6) is 1.96. The Hall–Kier alpha value is -2.43. The fourth-order valence-electron chi connectivity index (χ4n) is 2.18. The van der Waals surface area contributed by atoms with E-state index in [9.17, 15) is 0 Å². The van der Waals surface area contributed by atoms with Crippen molar-refractivity contribution >= 4 is 0 Å². The summed E-state index contributed by atoms with van der Waals surface area (Å²) in [5, 5.41) is 14.5. The van der Waals surface area contributed by atoms with Gasteiger partial charge >= 0.3 is 0 Å². The molecule has 3 rings (SSSR count).